The van der Waals surface area contributed by atoms with Crippen molar-refractivity contribution in [1.82, 2.24) is 0 Å². The molecule has 2 unspecified atom stereocenters. The average molecular weight is 311 g/mol. The highest BCUT2D eigenvalue weighted by molar-refractivity contribution is 5.11. The van der Waals surface area contributed by atoms with Crippen LogP contribution in [0.2, 0.25) is 0 Å². The summed E-state index contributed by atoms with van der Waals surface area (Å²) in [5.74, 6) is 1.53. The highest BCUT2D eigenvalue weighted by Gasteiger charge is 2.31. The molecule has 0 aromatic heterocycles. The first-order valence-electron chi connectivity index (χ1n) is 9.70. The van der Waals surface area contributed by atoms with E-state index in [4.69, 9.17) is 0 Å². The first kappa shape index (κ1) is 24.0. The van der Waals surface area contributed by atoms with Crippen LogP contribution >= 0.6 is 0 Å². The van der Waals surface area contributed by atoms with Crippen molar-refractivity contribution >= 4 is 0 Å². The van der Waals surface area contributed by atoms with E-state index < -0.39 is 0 Å². The second-order valence-corrected chi connectivity index (χ2v) is 8.97. The summed E-state index contributed by atoms with van der Waals surface area (Å²) < 4.78 is 0. The molecule has 134 valence electrons. The Morgan fingerprint density at radius 1 is 0.955 bits per heavy atom. The lowest BCUT2D eigenvalue weighted by Gasteiger charge is -2.38. The smallest absolute Gasteiger partial charge is 0.0149 e. The Labute approximate surface area is 143 Å². The molecule has 0 aromatic carbocycles. The van der Waals surface area contributed by atoms with E-state index in [0.29, 0.717) is 16.7 Å². The molecule has 0 amide bonds. The summed E-state index contributed by atoms with van der Waals surface area (Å²) in [7, 11) is 0. The Morgan fingerprint density at radius 3 is 1.77 bits per heavy atom. The quantitative estimate of drug-likeness (QED) is 0.415. The largest absolute Gasteiger partial charge is 0.0853 e. The van der Waals surface area contributed by atoms with E-state index in [9.17, 15) is 0 Å². The van der Waals surface area contributed by atoms with Crippen molar-refractivity contribution in [3.8, 4) is 0 Å². The summed E-state index contributed by atoms with van der Waals surface area (Å²) in [5.41, 5.74) is 2.48. The van der Waals surface area contributed by atoms with Crippen LogP contribution in [0.5, 0.6) is 0 Å². The second-order valence-electron chi connectivity index (χ2n) is 8.97. The Morgan fingerprint density at radius 2 is 1.45 bits per heavy atom. The molecular weight excluding hydrogens is 264 g/mol. The van der Waals surface area contributed by atoms with Crippen LogP contribution in [0.4, 0.5) is 0 Å². The third-order valence-electron chi connectivity index (χ3n) is 4.14. The highest BCUT2D eigenvalue weighted by Crippen LogP contribution is 2.42. The molecule has 0 aromatic rings. The SMILES string of the molecule is CC.CC/C=C(\CC(C)CCC)C(CC(C)(C)C)C(C)(C)C. The second kappa shape index (κ2) is 11.3. The van der Waals surface area contributed by atoms with E-state index in [-0.39, 0.29) is 0 Å². The zero-order valence-corrected chi connectivity index (χ0v) is 17.8. The monoisotopic (exact) mass is 310 g/mol. The van der Waals surface area contributed by atoms with Gasteiger partial charge in [0.2, 0.25) is 0 Å². The van der Waals surface area contributed by atoms with Gasteiger partial charge in [-0.05, 0) is 41.9 Å². The lowest BCUT2D eigenvalue weighted by atomic mass is 9.67. The van der Waals surface area contributed by atoms with Crippen molar-refractivity contribution in [3.05, 3.63) is 11.6 Å². The van der Waals surface area contributed by atoms with Crippen LogP contribution < -0.4 is 0 Å². The molecule has 0 saturated carbocycles. The fourth-order valence-electron chi connectivity index (χ4n) is 3.23. The van der Waals surface area contributed by atoms with E-state index in [1.54, 1.807) is 5.57 Å². The van der Waals surface area contributed by atoms with Crippen molar-refractivity contribution in [3.63, 3.8) is 0 Å². The fraction of sp³-hybridized carbons (Fsp3) is 0.909. The van der Waals surface area contributed by atoms with Crippen LogP contribution in [0, 0.1) is 22.7 Å². The van der Waals surface area contributed by atoms with E-state index in [1.165, 1.54) is 32.1 Å². The summed E-state index contributed by atoms with van der Waals surface area (Å²) in [6, 6.07) is 0. The minimum absolute atomic E-state index is 0.361. The van der Waals surface area contributed by atoms with Gasteiger partial charge in [-0.3, -0.25) is 0 Å². The van der Waals surface area contributed by atoms with Crippen molar-refractivity contribution in [2.75, 3.05) is 0 Å². The Balaban J connectivity index is 0. The van der Waals surface area contributed by atoms with Gasteiger partial charge in [-0.1, -0.05) is 101 Å². The summed E-state index contributed by atoms with van der Waals surface area (Å²) in [6.07, 6.45) is 8.94. The van der Waals surface area contributed by atoms with Crippen molar-refractivity contribution in [2.24, 2.45) is 22.7 Å². The van der Waals surface area contributed by atoms with Crippen LogP contribution in [-0.4, -0.2) is 0 Å². The molecule has 0 aliphatic carbocycles. The first-order valence-corrected chi connectivity index (χ1v) is 9.70. The third-order valence-corrected chi connectivity index (χ3v) is 4.14. The maximum Gasteiger partial charge on any atom is -0.0149 e. The average Bonchev–Trinajstić information content (AvgIpc) is 2.36. The van der Waals surface area contributed by atoms with Gasteiger partial charge in [0.1, 0.15) is 0 Å². The normalized spacial score (nSPS) is 15.9. The maximum atomic E-state index is 2.52. The van der Waals surface area contributed by atoms with E-state index in [0.717, 1.165) is 5.92 Å². The number of allylic oxidation sites excluding steroid dienone is 2. The Hall–Kier alpha value is -0.260. The van der Waals surface area contributed by atoms with Crippen LogP contribution in [0.25, 0.3) is 0 Å². The van der Waals surface area contributed by atoms with Gasteiger partial charge in [0.05, 0.1) is 0 Å². The summed E-state index contributed by atoms with van der Waals surface area (Å²) in [5, 5.41) is 0. The summed E-state index contributed by atoms with van der Waals surface area (Å²) >= 11 is 0. The molecule has 0 N–H and O–H groups in total. The predicted molar refractivity (Wildman–Crippen MR) is 105 cm³/mol. The molecule has 0 saturated heterocycles. The number of hydrogen-bond acceptors (Lipinski definition) is 0. The van der Waals surface area contributed by atoms with Crippen molar-refractivity contribution in [2.45, 2.75) is 108 Å². The standard InChI is InChI=1S/C20H40.C2H6/c1-10-12-16(3)14-17(13-11-2)18(20(7,8)9)15-19(4,5)6;1-2/h13,16,18H,10-12,14-15H2,1-9H3;1-2H3/b17-13+;. The zero-order valence-electron chi connectivity index (χ0n) is 17.8. The molecule has 0 aliphatic heterocycles. The fourth-order valence-corrected chi connectivity index (χ4v) is 3.23. The van der Waals surface area contributed by atoms with E-state index in [1.807, 2.05) is 13.8 Å². The van der Waals surface area contributed by atoms with Gasteiger partial charge in [0, 0.05) is 0 Å². The molecule has 0 heterocycles. The minimum atomic E-state index is 0.361. The molecule has 0 radical (unpaired) electrons. The van der Waals surface area contributed by atoms with Gasteiger partial charge in [-0.15, -0.1) is 0 Å². The Bertz CT molecular complexity index is 282. The van der Waals surface area contributed by atoms with Crippen molar-refractivity contribution in [1.29, 1.82) is 0 Å². The van der Waals surface area contributed by atoms with Gasteiger partial charge in [-0.2, -0.15) is 0 Å². The summed E-state index contributed by atoms with van der Waals surface area (Å²) in [4.78, 5) is 0. The first-order chi connectivity index (χ1) is 10.0. The molecule has 0 nitrogen and oxygen atoms in total. The van der Waals surface area contributed by atoms with E-state index in [2.05, 4.69) is 68.4 Å². The van der Waals surface area contributed by atoms with Gasteiger partial charge in [-0.25, -0.2) is 0 Å². The lowest BCUT2D eigenvalue weighted by molar-refractivity contribution is 0.189. The Kier molecular flexibility index (Phi) is 12.3. The van der Waals surface area contributed by atoms with Gasteiger partial charge in [0.15, 0.2) is 0 Å². The highest BCUT2D eigenvalue weighted by atomic mass is 14.4. The molecule has 0 fully saturated rings. The molecular formula is C22H46. The molecule has 2 atom stereocenters. The molecule has 22 heavy (non-hydrogen) atoms. The van der Waals surface area contributed by atoms with Gasteiger partial charge < -0.3 is 0 Å². The van der Waals surface area contributed by atoms with Crippen LogP contribution in [0.3, 0.4) is 0 Å². The van der Waals surface area contributed by atoms with E-state index >= 15 is 0 Å². The molecule has 0 heteroatoms. The van der Waals surface area contributed by atoms with Gasteiger partial charge >= 0.3 is 0 Å². The third kappa shape index (κ3) is 11.3. The molecule has 0 rings (SSSR count). The summed E-state index contributed by atoms with van der Waals surface area (Å²) in [6.45, 7) is 25.4. The minimum Gasteiger partial charge on any atom is -0.0853 e. The predicted octanol–water partition coefficient (Wildman–Crippen LogP) is 8.27. The molecule has 0 aliphatic rings. The van der Waals surface area contributed by atoms with Crippen LogP contribution in [0.15, 0.2) is 11.6 Å². The van der Waals surface area contributed by atoms with Crippen LogP contribution in [-0.2, 0) is 0 Å². The van der Waals surface area contributed by atoms with Crippen molar-refractivity contribution < 1.29 is 0 Å². The zero-order chi connectivity index (χ0) is 18.0. The maximum absolute atomic E-state index is 2.52. The van der Waals surface area contributed by atoms with Gasteiger partial charge in [0.25, 0.3) is 0 Å². The number of rotatable bonds is 7. The molecule has 0 bridgehead atoms. The van der Waals surface area contributed by atoms with Crippen LogP contribution in [0.1, 0.15) is 108 Å². The lowest BCUT2D eigenvalue weighted by Crippen LogP contribution is -2.28. The topological polar surface area (TPSA) is 0 Å². The number of hydrogen-bond donors (Lipinski definition) is 0. The molecule has 0 spiro atoms.